The Morgan fingerprint density at radius 1 is 1.33 bits per heavy atom. The second-order valence-electron chi connectivity index (χ2n) is 6.99. The van der Waals surface area contributed by atoms with E-state index in [-0.39, 0.29) is 23.7 Å². The molecule has 3 rings (SSSR count). The third-order valence-corrected chi connectivity index (χ3v) is 5.88. The minimum absolute atomic E-state index is 0.00586. The second kappa shape index (κ2) is 3.45. The maximum atomic E-state index is 11.4. The van der Waals surface area contributed by atoms with Crippen molar-refractivity contribution in [1.29, 1.82) is 0 Å². The first kappa shape index (κ1) is 12.4. The van der Waals surface area contributed by atoms with Crippen molar-refractivity contribution in [3.05, 3.63) is 12.2 Å². The molecule has 100 valence electrons. The van der Waals surface area contributed by atoms with Crippen LogP contribution >= 0.6 is 0 Å². The van der Waals surface area contributed by atoms with Gasteiger partial charge >= 0.3 is 0 Å². The highest BCUT2D eigenvalue weighted by Crippen LogP contribution is 2.70. The van der Waals surface area contributed by atoms with Crippen molar-refractivity contribution in [2.75, 3.05) is 0 Å². The number of fused-ring (bicyclic) bond motifs is 3. The largest absolute Gasteiger partial charge is 0.392 e. The van der Waals surface area contributed by atoms with Gasteiger partial charge in [0.2, 0.25) is 0 Å². The Kier molecular flexibility index (Phi) is 2.37. The average molecular weight is 250 g/mol. The van der Waals surface area contributed by atoms with Gasteiger partial charge in [-0.2, -0.15) is 0 Å². The molecule has 0 aliphatic heterocycles. The van der Waals surface area contributed by atoms with Crippen molar-refractivity contribution < 1.29 is 15.0 Å². The molecule has 0 aromatic carbocycles. The lowest BCUT2D eigenvalue weighted by atomic mass is 9.77. The van der Waals surface area contributed by atoms with Gasteiger partial charge in [0, 0.05) is 11.3 Å². The number of carbonyl (C=O) groups is 1. The Morgan fingerprint density at radius 2 is 2.00 bits per heavy atom. The van der Waals surface area contributed by atoms with E-state index < -0.39 is 17.1 Å². The van der Waals surface area contributed by atoms with Gasteiger partial charge in [0.15, 0.2) is 0 Å². The van der Waals surface area contributed by atoms with E-state index in [2.05, 4.69) is 6.58 Å². The summed E-state index contributed by atoms with van der Waals surface area (Å²) in [6, 6.07) is 0. The molecule has 0 aromatic rings. The highest BCUT2D eigenvalue weighted by atomic mass is 16.3. The Hall–Kier alpha value is -0.670. The zero-order valence-corrected chi connectivity index (χ0v) is 11.1. The van der Waals surface area contributed by atoms with Crippen molar-refractivity contribution in [3.8, 4) is 0 Å². The molecule has 0 amide bonds. The lowest BCUT2D eigenvalue weighted by Crippen LogP contribution is -2.35. The SMILES string of the molecule is C=C1CC(O)C2C(C3C1CCC3(C)O)C2(C)C=O. The van der Waals surface area contributed by atoms with Gasteiger partial charge < -0.3 is 15.0 Å². The number of aldehydes is 1. The third kappa shape index (κ3) is 1.35. The minimum atomic E-state index is -0.721. The highest BCUT2D eigenvalue weighted by Gasteiger charge is 2.72. The van der Waals surface area contributed by atoms with Gasteiger partial charge in [-0.15, -0.1) is 0 Å². The van der Waals surface area contributed by atoms with Crippen LogP contribution in [-0.2, 0) is 4.79 Å². The Balaban J connectivity index is 2.03. The summed E-state index contributed by atoms with van der Waals surface area (Å²) < 4.78 is 0. The van der Waals surface area contributed by atoms with E-state index in [0.29, 0.717) is 6.42 Å². The molecule has 3 saturated carbocycles. The normalized spacial score (nSPS) is 58.7. The standard InChI is InChI=1S/C15H22O3/c1-8-6-10(17)12-13(14(12,2)7-16)11-9(8)4-5-15(11,3)18/h7,9-13,17-18H,1,4-6H2,2-3H3. The van der Waals surface area contributed by atoms with Crippen molar-refractivity contribution in [2.24, 2.45) is 29.1 Å². The summed E-state index contributed by atoms with van der Waals surface area (Å²) in [6.07, 6.45) is 2.81. The van der Waals surface area contributed by atoms with Crippen LogP contribution in [-0.4, -0.2) is 28.2 Å². The summed E-state index contributed by atoms with van der Waals surface area (Å²) in [5, 5.41) is 20.9. The number of hydrogen-bond acceptors (Lipinski definition) is 3. The molecule has 0 saturated heterocycles. The van der Waals surface area contributed by atoms with E-state index in [9.17, 15) is 15.0 Å². The molecule has 0 bridgehead atoms. The fourth-order valence-corrected chi connectivity index (χ4v) is 4.89. The third-order valence-electron chi connectivity index (χ3n) is 5.88. The molecule has 3 aliphatic carbocycles. The van der Waals surface area contributed by atoms with Crippen LogP contribution in [0.4, 0.5) is 0 Å². The Bertz CT molecular complexity index is 414. The predicted molar refractivity (Wildman–Crippen MR) is 67.8 cm³/mol. The predicted octanol–water partition coefficient (Wildman–Crippen LogP) is 1.54. The smallest absolute Gasteiger partial charge is 0.126 e. The number of carbonyl (C=O) groups excluding carboxylic acids is 1. The average Bonchev–Trinajstić information content (AvgIpc) is 2.80. The number of aliphatic hydroxyl groups excluding tert-OH is 1. The van der Waals surface area contributed by atoms with Gasteiger partial charge in [0.1, 0.15) is 6.29 Å². The first-order chi connectivity index (χ1) is 8.33. The highest BCUT2D eigenvalue weighted by molar-refractivity contribution is 5.66. The van der Waals surface area contributed by atoms with E-state index in [4.69, 9.17) is 0 Å². The van der Waals surface area contributed by atoms with Crippen LogP contribution in [0.5, 0.6) is 0 Å². The van der Waals surface area contributed by atoms with Crippen LogP contribution in [0.25, 0.3) is 0 Å². The van der Waals surface area contributed by atoms with Crippen molar-refractivity contribution in [3.63, 3.8) is 0 Å². The molecular weight excluding hydrogens is 228 g/mol. The summed E-state index contributed by atoms with van der Waals surface area (Å²) in [5.74, 6) is 0.479. The summed E-state index contributed by atoms with van der Waals surface area (Å²) in [7, 11) is 0. The molecule has 7 unspecified atom stereocenters. The van der Waals surface area contributed by atoms with Crippen LogP contribution in [0.2, 0.25) is 0 Å². The van der Waals surface area contributed by atoms with Crippen LogP contribution < -0.4 is 0 Å². The molecule has 7 atom stereocenters. The van der Waals surface area contributed by atoms with E-state index in [1.54, 1.807) is 0 Å². The molecule has 0 radical (unpaired) electrons. The lowest BCUT2D eigenvalue weighted by molar-refractivity contribution is -0.113. The fraction of sp³-hybridized carbons (Fsp3) is 0.800. The van der Waals surface area contributed by atoms with Crippen molar-refractivity contribution in [1.82, 2.24) is 0 Å². The molecule has 2 N–H and O–H groups in total. The molecule has 3 nitrogen and oxygen atoms in total. The zero-order chi connectivity index (χ0) is 13.3. The lowest BCUT2D eigenvalue weighted by Gasteiger charge is -2.31. The number of hydrogen-bond donors (Lipinski definition) is 2. The Morgan fingerprint density at radius 3 is 2.61 bits per heavy atom. The van der Waals surface area contributed by atoms with Gasteiger partial charge in [0.25, 0.3) is 0 Å². The van der Waals surface area contributed by atoms with Crippen LogP contribution in [0.3, 0.4) is 0 Å². The molecule has 3 heteroatoms. The van der Waals surface area contributed by atoms with Gasteiger partial charge in [-0.05, 0) is 43.9 Å². The molecule has 3 aliphatic rings. The first-order valence-corrected chi connectivity index (χ1v) is 6.87. The minimum Gasteiger partial charge on any atom is -0.392 e. The first-order valence-electron chi connectivity index (χ1n) is 6.87. The second-order valence-corrected chi connectivity index (χ2v) is 6.99. The van der Waals surface area contributed by atoms with E-state index in [1.807, 2.05) is 13.8 Å². The summed E-state index contributed by atoms with van der Waals surface area (Å²) >= 11 is 0. The van der Waals surface area contributed by atoms with Gasteiger partial charge in [-0.3, -0.25) is 0 Å². The number of aliphatic hydroxyl groups is 2. The van der Waals surface area contributed by atoms with Crippen LogP contribution in [0.15, 0.2) is 12.2 Å². The summed E-state index contributed by atoms with van der Waals surface area (Å²) in [6.45, 7) is 7.91. The molecule has 0 heterocycles. The van der Waals surface area contributed by atoms with Crippen molar-refractivity contribution in [2.45, 2.75) is 44.8 Å². The van der Waals surface area contributed by atoms with Gasteiger partial charge in [0.05, 0.1) is 11.7 Å². The monoisotopic (exact) mass is 250 g/mol. The fourth-order valence-electron chi connectivity index (χ4n) is 4.89. The van der Waals surface area contributed by atoms with Gasteiger partial charge in [-0.1, -0.05) is 19.1 Å². The zero-order valence-electron chi connectivity index (χ0n) is 11.1. The van der Waals surface area contributed by atoms with Crippen LogP contribution in [0.1, 0.15) is 33.1 Å². The molecule has 0 spiro atoms. The quantitative estimate of drug-likeness (QED) is 0.548. The molecule has 18 heavy (non-hydrogen) atoms. The maximum absolute atomic E-state index is 11.4. The summed E-state index contributed by atoms with van der Waals surface area (Å²) in [4.78, 5) is 11.4. The molecule has 3 fully saturated rings. The number of rotatable bonds is 1. The van der Waals surface area contributed by atoms with Gasteiger partial charge in [-0.25, -0.2) is 0 Å². The molecule has 0 aromatic heterocycles. The Labute approximate surface area is 108 Å². The van der Waals surface area contributed by atoms with E-state index in [0.717, 1.165) is 24.7 Å². The van der Waals surface area contributed by atoms with Crippen LogP contribution in [0, 0.1) is 29.1 Å². The van der Waals surface area contributed by atoms with E-state index >= 15 is 0 Å². The van der Waals surface area contributed by atoms with Crippen molar-refractivity contribution >= 4 is 6.29 Å². The summed E-state index contributed by atoms with van der Waals surface area (Å²) in [5.41, 5.74) is -0.107. The van der Waals surface area contributed by atoms with E-state index in [1.165, 1.54) is 0 Å². The molecular formula is C15H22O3. The maximum Gasteiger partial charge on any atom is 0.126 e. The topological polar surface area (TPSA) is 57.5 Å².